The Morgan fingerprint density at radius 1 is 1.21 bits per heavy atom. The molecular weight excluding hydrogens is 478 g/mol. The van der Waals surface area contributed by atoms with Gasteiger partial charge in [0.15, 0.2) is 0 Å². The Morgan fingerprint density at radius 3 is 2.52 bits per heavy atom. The first-order valence-electron chi connectivity index (χ1n) is 11.3. The molecule has 0 unspecified atom stereocenters. The number of aryl methyl sites for hydroxylation is 3. The van der Waals surface area contributed by atoms with Crippen LogP contribution in [-0.4, -0.2) is 34.3 Å². The number of pyridine rings is 1. The molecule has 176 valence electrons. The molecule has 1 aromatic carbocycles. The van der Waals surface area contributed by atoms with Crippen molar-refractivity contribution in [3.63, 3.8) is 0 Å². The topological polar surface area (TPSA) is 57.0 Å². The number of carbonyl (C=O) groups excluding carboxylic acids is 1. The molecule has 0 atom stereocenters. The van der Waals surface area contributed by atoms with Gasteiger partial charge in [0.2, 0.25) is 5.78 Å². The number of nitrogens with zero attached hydrogens (tertiary/aromatic N) is 3. The van der Waals surface area contributed by atoms with Gasteiger partial charge in [0.1, 0.15) is 5.52 Å². The van der Waals surface area contributed by atoms with Gasteiger partial charge in [-0.2, -0.15) is 5.10 Å². The molecule has 6 heteroatoms. The minimum Gasteiger partial charge on any atom is -0.383 e. The molecule has 1 aliphatic rings. The number of hydrogen-bond donors (Lipinski definition) is 0. The van der Waals surface area contributed by atoms with Crippen molar-refractivity contribution in [3.05, 3.63) is 57.3 Å². The van der Waals surface area contributed by atoms with Crippen molar-refractivity contribution in [2.75, 3.05) is 13.7 Å². The van der Waals surface area contributed by atoms with Crippen LogP contribution in [0.1, 0.15) is 61.4 Å². The molecule has 0 aliphatic heterocycles. The number of ketones is 1. The van der Waals surface area contributed by atoms with E-state index in [9.17, 15) is 4.79 Å². The molecule has 0 spiro atoms. The predicted molar refractivity (Wildman–Crippen MR) is 138 cm³/mol. The van der Waals surface area contributed by atoms with Crippen LogP contribution < -0.4 is 0 Å². The number of fused-ring (bicyclic) bond motifs is 1. The largest absolute Gasteiger partial charge is 0.383 e. The van der Waals surface area contributed by atoms with Crippen LogP contribution in [0.15, 0.2) is 34.9 Å². The molecule has 1 fully saturated rings. The highest BCUT2D eigenvalue weighted by Gasteiger charge is 2.25. The van der Waals surface area contributed by atoms with E-state index in [2.05, 4.69) is 63.8 Å². The number of Topliss-reactive ketones (excluding diaryl/α,β-unsaturated/α-hetero) is 1. The lowest BCUT2D eigenvalue weighted by Crippen LogP contribution is -2.05. The van der Waals surface area contributed by atoms with Crippen LogP contribution in [0.3, 0.4) is 0 Å². The SMILES string of the molecule is CCC#CC(C)=O.COCCn1ncc2nc(C)ccc21.Cc1cc(C)c(C2CC2)cc1Br. The molecule has 0 N–H and O–H groups in total. The van der Waals surface area contributed by atoms with Crippen molar-refractivity contribution in [3.8, 4) is 11.8 Å². The Hall–Kier alpha value is -2.49. The van der Waals surface area contributed by atoms with Crippen molar-refractivity contribution in [2.45, 2.75) is 66.3 Å². The molecule has 0 bridgehead atoms. The third kappa shape index (κ3) is 8.75. The highest BCUT2D eigenvalue weighted by atomic mass is 79.9. The first kappa shape index (κ1) is 26.8. The molecule has 5 nitrogen and oxygen atoms in total. The van der Waals surface area contributed by atoms with Gasteiger partial charge in [0.05, 0.1) is 24.9 Å². The Labute approximate surface area is 206 Å². The number of hydrogen-bond acceptors (Lipinski definition) is 4. The van der Waals surface area contributed by atoms with E-state index in [0.717, 1.165) is 35.6 Å². The minimum absolute atomic E-state index is 0.0538. The smallest absolute Gasteiger partial charge is 0.202 e. The number of benzene rings is 1. The average molecular weight is 512 g/mol. The highest BCUT2D eigenvalue weighted by molar-refractivity contribution is 9.10. The highest BCUT2D eigenvalue weighted by Crippen LogP contribution is 2.42. The number of methoxy groups -OCH3 is 1. The molecule has 33 heavy (non-hydrogen) atoms. The summed E-state index contributed by atoms with van der Waals surface area (Å²) in [6.45, 7) is 11.2. The van der Waals surface area contributed by atoms with Crippen molar-refractivity contribution < 1.29 is 9.53 Å². The van der Waals surface area contributed by atoms with Crippen molar-refractivity contribution in [1.29, 1.82) is 0 Å². The van der Waals surface area contributed by atoms with Gasteiger partial charge in [0, 0.05) is 30.6 Å². The summed E-state index contributed by atoms with van der Waals surface area (Å²) in [6, 6.07) is 8.60. The monoisotopic (exact) mass is 511 g/mol. The van der Waals surface area contributed by atoms with E-state index in [4.69, 9.17) is 4.74 Å². The van der Waals surface area contributed by atoms with E-state index in [1.54, 1.807) is 18.9 Å². The minimum atomic E-state index is -0.0538. The lowest BCUT2D eigenvalue weighted by molar-refractivity contribution is -0.111. The second kappa shape index (κ2) is 13.3. The molecule has 1 saturated carbocycles. The van der Waals surface area contributed by atoms with Gasteiger partial charge in [-0.25, -0.2) is 4.98 Å². The van der Waals surface area contributed by atoms with Gasteiger partial charge in [0.25, 0.3) is 0 Å². The van der Waals surface area contributed by atoms with Gasteiger partial charge in [-0.3, -0.25) is 9.48 Å². The Bertz CT molecular complexity index is 1140. The lowest BCUT2D eigenvalue weighted by atomic mass is 10.0. The maximum atomic E-state index is 10.0. The molecule has 2 aromatic heterocycles. The van der Waals surface area contributed by atoms with Crippen LogP contribution in [0, 0.1) is 32.6 Å². The summed E-state index contributed by atoms with van der Waals surface area (Å²) in [5, 5.41) is 4.25. The average Bonchev–Trinajstić information content (AvgIpc) is 3.54. The summed E-state index contributed by atoms with van der Waals surface area (Å²) in [6.07, 6.45) is 5.32. The van der Waals surface area contributed by atoms with Crippen molar-refractivity contribution in [2.24, 2.45) is 0 Å². The van der Waals surface area contributed by atoms with Crippen LogP contribution in [-0.2, 0) is 16.1 Å². The fraction of sp³-hybridized carbons (Fsp3) is 0.444. The zero-order chi connectivity index (χ0) is 24.4. The summed E-state index contributed by atoms with van der Waals surface area (Å²) in [4.78, 5) is 14.4. The maximum Gasteiger partial charge on any atom is 0.202 e. The van der Waals surface area contributed by atoms with Crippen LogP contribution in [0.5, 0.6) is 0 Å². The first-order chi connectivity index (χ1) is 15.8. The summed E-state index contributed by atoms with van der Waals surface area (Å²) in [5.74, 6) is 5.86. The number of carbonyl (C=O) groups is 1. The molecule has 0 saturated heterocycles. The molecule has 0 radical (unpaired) electrons. The third-order valence-corrected chi connectivity index (χ3v) is 6.01. The van der Waals surface area contributed by atoms with E-state index in [0.29, 0.717) is 6.61 Å². The first-order valence-corrected chi connectivity index (χ1v) is 12.1. The number of rotatable bonds is 4. The number of aromatic nitrogens is 3. The van der Waals surface area contributed by atoms with Gasteiger partial charge < -0.3 is 4.74 Å². The van der Waals surface area contributed by atoms with Crippen LogP contribution in [0.25, 0.3) is 11.0 Å². The summed E-state index contributed by atoms with van der Waals surface area (Å²) in [5.41, 5.74) is 7.38. The Morgan fingerprint density at radius 2 is 1.94 bits per heavy atom. The van der Waals surface area contributed by atoms with E-state index in [-0.39, 0.29) is 5.78 Å². The molecule has 0 amide bonds. The van der Waals surface area contributed by atoms with Crippen molar-refractivity contribution >= 4 is 32.7 Å². The molecular formula is C27H34BrN3O2. The van der Waals surface area contributed by atoms with Gasteiger partial charge in [-0.05, 0) is 80.3 Å². The summed E-state index contributed by atoms with van der Waals surface area (Å²) in [7, 11) is 1.69. The fourth-order valence-corrected chi connectivity index (χ4v) is 3.67. The van der Waals surface area contributed by atoms with E-state index < -0.39 is 0 Å². The standard InChI is InChI=1S/C11H13Br.C10H13N3O.C6H8O/c1-7-5-8(2)11(12)6-10(7)9-3-4-9;1-8-3-4-10-9(12-8)7-11-13(10)5-6-14-2;1-3-4-5-6(2)7/h5-6,9H,3-4H2,1-2H3;3-4,7H,5-6H2,1-2H3;3H2,1-2H3. The molecule has 4 rings (SSSR count). The normalized spacial score (nSPS) is 12.1. The van der Waals surface area contributed by atoms with Crippen LogP contribution in [0.2, 0.25) is 0 Å². The molecule has 1 aliphatic carbocycles. The number of halogens is 1. The maximum absolute atomic E-state index is 10.0. The van der Waals surface area contributed by atoms with Gasteiger partial charge in [-0.1, -0.05) is 34.8 Å². The summed E-state index contributed by atoms with van der Waals surface area (Å²) >= 11 is 3.58. The van der Waals surface area contributed by atoms with Crippen LogP contribution >= 0.6 is 15.9 Å². The zero-order valence-electron chi connectivity index (χ0n) is 20.5. The van der Waals surface area contributed by atoms with E-state index in [1.807, 2.05) is 30.7 Å². The molecule has 2 heterocycles. The van der Waals surface area contributed by atoms with Crippen molar-refractivity contribution in [1.82, 2.24) is 14.8 Å². The third-order valence-electron chi connectivity index (χ3n) is 5.15. The number of ether oxygens (including phenoxy) is 1. The predicted octanol–water partition coefficient (Wildman–Crippen LogP) is 6.32. The fourth-order valence-electron chi connectivity index (χ4n) is 3.31. The lowest BCUT2D eigenvalue weighted by Gasteiger charge is -2.07. The summed E-state index contributed by atoms with van der Waals surface area (Å²) < 4.78 is 8.17. The van der Waals surface area contributed by atoms with Crippen LogP contribution in [0.4, 0.5) is 0 Å². The molecule has 3 aromatic rings. The van der Waals surface area contributed by atoms with Gasteiger partial charge in [-0.15, -0.1) is 0 Å². The van der Waals surface area contributed by atoms with E-state index in [1.165, 1.54) is 35.4 Å². The second-order valence-electron chi connectivity index (χ2n) is 8.16. The van der Waals surface area contributed by atoms with Gasteiger partial charge >= 0.3 is 0 Å². The Balaban J connectivity index is 0.000000186. The Kier molecular flexibility index (Phi) is 10.8. The van der Waals surface area contributed by atoms with E-state index >= 15 is 0 Å². The zero-order valence-corrected chi connectivity index (χ0v) is 22.1. The second-order valence-corrected chi connectivity index (χ2v) is 9.02. The quantitative estimate of drug-likeness (QED) is 0.303.